The Hall–Kier alpha value is -4.26. The van der Waals surface area contributed by atoms with E-state index in [0.29, 0.717) is 55.5 Å². The molecule has 2 heterocycles. The molecule has 2 amide bonds. The Morgan fingerprint density at radius 1 is 0.949 bits per heavy atom. The number of halogens is 1. The monoisotopic (exact) mass is 525 g/mol. The first-order valence-electron chi connectivity index (χ1n) is 13.5. The minimum absolute atomic E-state index is 0.176. The van der Waals surface area contributed by atoms with Crippen molar-refractivity contribution in [2.45, 2.75) is 32.1 Å². The molecular weight excluding hydrogens is 493 g/mol. The third-order valence-electron chi connectivity index (χ3n) is 7.49. The Labute approximate surface area is 227 Å². The van der Waals surface area contributed by atoms with E-state index in [4.69, 9.17) is 4.98 Å². The molecule has 0 bridgehead atoms. The lowest BCUT2D eigenvalue weighted by Crippen LogP contribution is -2.38. The molecule has 0 aliphatic carbocycles. The highest BCUT2D eigenvalue weighted by atomic mass is 19.1. The molecule has 4 aromatic rings. The summed E-state index contributed by atoms with van der Waals surface area (Å²) in [4.78, 5) is 31.5. The second kappa shape index (κ2) is 12.1. The molecule has 6 nitrogen and oxygen atoms in total. The molecular formula is C32H32FN3O3. The maximum absolute atomic E-state index is 15.1. The fraction of sp³-hybridized carbons (Fsp3) is 0.281. The maximum Gasteiger partial charge on any atom is 0.407 e. The van der Waals surface area contributed by atoms with Gasteiger partial charge in [0.2, 0.25) is 0 Å². The third-order valence-corrected chi connectivity index (χ3v) is 7.49. The first kappa shape index (κ1) is 26.4. The molecule has 1 aliphatic rings. The van der Waals surface area contributed by atoms with Gasteiger partial charge in [-0.25, -0.2) is 14.2 Å². The van der Waals surface area contributed by atoms with Gasteiger partial charge in [-0.15, -0.1) is 0 Å². The number of carbonyl (C=O) groups is 2. The molecule has 1 aliphatic heterocycles. The van der Waals surface area contributed by atoms with Crippen molar-refractivity contribution in [1.29, 1.82) is 0 Å². The molecule has 3 aromatic carbocycles. The Bertz CT molecular complexity index is 1450. The number of carboxylic acid groups (broad SMARTS) is 1. The molecule has 2 N–H and O–H groups in total. The summed E-state index contributed by atoms with van der Waals surface area (Å²) in [5.74, 6) is -0.527. The van der Waals surface area contributed by atoms with Gasteiger partial charge < -0.3 is 15.3 Å². The van der Waals surface area contributed by atoms with E-state index < -0.39 is 11.9 Å². The smallest absolute Gasteiger partial charge is 0.407 e. The van der Waals surface area contributed by atoms with E-state index in [1.807, 2.05) is 48.5 Å². The van der Waals surface area contributed by atoms with Crippen LogP contribution in [0.1, 0.15) is 40.7 Å². The van der Waals surface area contributed by atoms with Gasteiger partial charge in [0.25, 0.3) is 5.91 Å². The van der Waals surface area contributed by atoms with Crippen molar-refractivity contribution in [2.75, 3.05) is 19.6 Å². The van der Waals surface area contributed by atoms with Crippen LogP contribution < -0.4 is 5.32 Å². The fourth-order valence-electron chi connectivity index (χ4n) is 5.43. The number of fused-ring (bicyclic) bond motifs is 1. The highest BCUT2D eigenvalue weighted by molar-refractivity contribution is 6.09. The number of piperidine rings is 1. The van der Waals surface area contributed by atoms with Crippen LogP contribution in [0.5, 0.6) is 0 Å². The van der Waals surface area contributed by atoms with Gasteiger partial charge in [-0.3, -0.25) is 4.79 Å². The Morgan fingerprint density at radius 3 is 2.33 bits per heavy atom. The highest BCUT2D eigenvalue weighted by Crippen LogP contribution is 2.35. The number of likely N-dealkylation sites (tertiary alicyclic amines) is 1. The largest absolute Gasteiger partial charge is 0.465 e. The fourth-order valence-corrected chi connectivity index (χ4v) is 5.43. The summed E-state index contributed by atoms with van der Waals surface area (Å²) < 4.78 is 15.1. The molecule has 1 aromatic heterocycles. The minimum Gasteiger partial charge on any atom is -0.465 e. The van der Waals surface area contributed by atoms with Gasteiger partial charge in [-0.2, -0.15) is 0 Å². The average molecular weight is 526 g/mol. The molecule has 0 atom stereocenters. The van der Waals surface area contributed by atoms with Crippen molar-refractivity contribution in [3.8, 4) is 11.3 Å². The molecule has 7 heteroatoms. The maximum atomic E-state index is 15.1. The number of para-hydroxylation sites is 1. The first-order valence-corrected chi connectivity index (χ1v) is 13.5. The number of hydrogen-bond acceptors (Lipinski definition) is 3. The summed E-state index contributed by atoms with van der Waals surface area (Å²) in [5, 5.41) is 12.9. The minimum atomic E-state index is -0.906. The zero-order chi connectivity index (χ0) is 27.2. The summed E-state index contributed by atoms with van der Waals surface area (Å²) in [6.07, 6.45) is 2.67. The Morgan fingerprint density at radius 2 is 1.64 bits per heavy atom. The van der Waals surface area contributed by atoms with Gasteiger partial charge in [0.1, 0.15) is 11.3 Å². The molecule has 0 spiro atoms. The van der Waals surface area contributed by atoms with Crippen molar-refractivity contribution < 1.29 is 19.1 Å². The number of aryl methyl sites for hydroxylation is 1. The van der Waals surface area contributed by atoms with Gasteiger partial charge in [0, 0.05) is 30.6 Å². The topological polar surface area (TPSA) is 82.5 Å². The van der Waals surface area contributed by atoms with E-state index in [1.165, 1.54) is 16.5 Å². The van der Waals surface area contributed by atoms with Crippen LogP contribution in [0.25, 0.3) is 22.2 Å². The SMILES string of the molecule is O=C(NCCCc1ccccc1)c1c(CC2CCN(C(=O)O)CC2)c(-c2ccccc2)nc2c(F)cccc12. The van der Waals surface area contributed by atoms with E-state index in [2.05, 4.69) is 17.4 Å². The lowest BCUT2D eigenvalue weighted by atomic mass is 9.85. The number of carbonyl (C=O) groups excluding carboxylic acids is 1. The Kier molecular flexibility index (Phi) is 8.16. The lowest BCUT2D eigenvalue weighted by molar-refractivity contribution is 0.0953. The standard InChI is InChI=1S/C32H32FN3O3/c33-27-15-7-14-25-28(31(37)34-18-8-11-22-9-3-1-4-10-22)26(21-23-16-19-36(20-17-23)32(38)39)29(35-30(25)27)24-12-5-2-6-13-24/h1-7,9-10,12-15,23H,8,11,16-21H2,(H,34,37)(H,38,39). The number of benzene rings is 3. The first-order chi connectivity index (χ1) is 19.0. The van der Waals surface area contributed by atoms with Crippen LogP contribution in [0.15, 0.2) is 78.9 Å². The van der Waals surface area contributed by atoms with Crippen molar-refractivity contribution in [3.05, 3.63) is 101 Å². The van der Waals surface area contributed by atoms with E-state index in [9.17, 15) is 14.7 Å². The van der Waals surface area contributed by atoms with Crippen molar-refractivity contribution in [1.82, 2.24) is 15.2 Å². The molecule has 5 rings (SSSR count). The van der Waals surface area contributed by atoms with E-state index >= 15 is 4.39 Å². The lowest BCUT2D eigenvalue weighted by Gasteiger charge is -2.31. The molecule has 1 fully saturated rings. The summed E-state index contributed by atoms with van der Waals surface area (Å²) in [6.45, 7) is 1.40. The summed E-state index contributed by atoms with van der Waals surface area (Å²) >= 11 is 0. The van der Waals surface area contributed by atoms with Crippen LogP contribution in [-0.4, -0.2) is 46.6 Å². The van der Waals surface area contributed by atoms with Crippen LogP contribution >= 0.6 is 0 Å². The predicted molar refractivity (Wildman–Crippen MR) is 150 cm³/mol. The van der Waals surface area contributed by atoms with Gasteiger partial charge in [-0.05, 0) is 55.2 Å². The number of nitrogens with zero attached hydrogens (tertiary/aromatic N) is 2. The van der Waals surface area contributed by atoms with Crippen molar-refractivity contribution >= 4 is 22.9 Å². The van der Waals surface area contributed by atoms with E-state index in [1.54, 1.807) is 12.1 Å². The van der Waals surface area contributed by atoms with Gasteiger partial charge >= 0.3 is 6.09 Å². The summed E-state index contributed by atoms with van der Waals surface area (Å²) in [6, 6.07) is 24.4. The summed E-state index contributed by atoms with van der Waals surface area (Å²) in [7, 11) is 0. The number of rotatable bonds is 8. The predicted octanol–water partition coefficient (Wildman–Crippen LogP) is 6.34. The van der Waals surface area contributed by atoms with Crippen LogP contribution in [-0.2, 0) is 12.8 Å². The quantitative estimate of drug-likeness (QED) is 0.263. The molecule has 1 saturated heterocycles. The number of nitrogens with one attached hydrogen (secondary N) is 1. The van der Waals surface area contributed by atoms with E-state index in [-0.39, 0.29) is 17.3 Å². The van der Waals surface area contributed by atoms with Crippen molar-refractivity contribution in [3.63, 3.8) is 0 Å². The third kappa shape index (κ3) is 6.08. The molecule has 0 unspecified atom stereocenters. The molecule has 0 saturated carbocycles. The van der Waals surface area contributed by atoms with Gasteiger partial charge in [0.15, 0.2) is 0 Å². The zero-order valence-electron chi connectivity index (χ0n) is 21.8. The number of amides is 2. The Balaban J connectivity index is 1.50. The van der Waals surface area contributed by atoms with Crippen LogP contribution in [0, 0.1) is 11.7 Å². The van der Waals surface area contributed by atoms with Gasteiger partial charge in [-0.1, -0.05) is 72.8 Å². The average Bonchev–Trinajstić information content (AvgIpc) is 2.96. The normalized spacial score (nSPS) is 13.9. The number of pyridine rings is 1. The second-order valence-corrected chi connectivity index (χ2v) is 10.1. The molecule has 39 heavy (non-hydrogen) atoms. The van der Waals surface area contributed by atoms with Gasteiger partial charge in [0.05, 0.1) is 11.3 Å². The number of aromatic nitrogens is 1. The highest BCUT2D eigenvalue weighted by Gasteiger charge is 2.28. The number of hydrogen-bond donors (Lipinski definition) is 2. The van der Waals surface area contributed by atoms with Crippen LogP contribution in [0.3, 0.4) is 0 Å². The van der Waals surface area contributed by atoms with Crippen molar-refractivity contribution in [2.24, 2.45) is 5.92 Å². The van der Waals surface area contributed by atoms with Crippen LogP contribution in [0.4, 0.5) is 9.18 Å². The van der Waals surface area contributed by atoms with E-state index in [0.717, 1.165) is 24.0 Å². The molecule has 0 radical (unpaired) electrons. The second-order valence-electron chi connectivity index (χ2n) is 10.1. The zero-order valence-corrected chi connectivity index (χ0v) is 21.8. The van der Waals surface area contributed by atoms with Crippen LogP contribution in [0.2, 0.25) is 0 Å². The molecule has 200 valence electrons. The summed E-state index contributed by atoms with van der Waals surface area (Å²) in [5.41, 5.74) is 4.05.